The predicted octanol–water partition coefficient (Wildman–Crippen LogP) is 2.94. The zero-order valence-corrected chi connectivity index (χ0v) is 18.5. The van der Waals surface area contributed by atoms with E-state index in [4.69, 9.17) is 0 Å². The van der Waals surface area contributed by atoms with E-state index in [1.54, 1.807) is 32.0 Å². The summed E-state index contributed by atoms with van der Waals surface area (Å²) in [6.07, 6.45) is 1.68. The van der Waals surface area contributed by atoms with Crippen LogP contribution in [0.1, 0.15) is 32.3 Å². The van der Waals surface area contributed by atoms with Gasteiger partial charge in [0.2, 0.25) is 15.9 Å². The molecule has 0 unspecified atom stereocenters. The minimum atomic E-state index is -3.83. The zero-order chi connectivity index (χ0) is 21.9. The fourth-order valence-electron chi connectivity index (χ4n) is 3.25. The van der Waals surface area contributed by atoms with Gasteiger partial charge in [-0.1, -0.05) is 6.92 Å². The molecule has 8 nitrogen and oxygen atoms in total. The number of hydrogen-bond donors (Lipinski definition) is 2. The van der Waals surface area contributed by atoms with Crippen molar-refractivity contribution in [2.45, 2.75) is 38.0 Å². The average molecular weight is 452 g/mol. The smallest absolute Gasteiger partial charge is 0.261 e. The van der Waals surface area contributed by atoms with Crippen molar-refractivity contribution in [3.63, 3.8) is 0 Å². The molecule has 0 bridgehead atoms. The molecule has 0 fully saturated rings. The molecular formula is C20H25N3O5S2. The van der Waals surface area contributed by atoms with E-state index < -0.39 is 20.0 Å². The number of amides is 1. The lowest BCUT2D eigenvalue weighted by Gasteiger charge is -2.30. The standard InChI is InChI=1S/C20H25N3O5S2/c1-3-20(24)21-16-7-10-18(11-8-16)30(27,28)22-17-9-12-19-15(14-17)6-5-13-23(19)29(25,26)4-2/h7-12,14,22H,3-6,13H2,1-2H3,(H,21,24). The van der Waals surface area contributed by atoms with E-state index in [2.05, 4.69) is 10.0 Å². The van der Waals surface area contributed by atoms with Crippen molar-refractivity contribution in [2.75, 3.05) is 26.6 Å². The fraction of sp³-hybridized carbons (Fsp3) is 0.350. The molecule has 1 aliphatic rings. The zero-order valence-electron chi connectivity index (χ0n) is 16.9. The number of anilines is 3. The van der Waals surface area contributed by atoms with E-state index in [0.717, 1.165) is 5.56 Å². The molecule has 1 aliphatic heterocycles. The molecule has 1 amide bonds. The van der Waals surface area contributed by atoms with Crippen LogP contribution in [0.15, 0.2) is 47.4 Å². The van der Waals surface area contributed by atoms with Gasteiger partial charge in [-0.25, -0.2) is 16.8 Å². The van der Waals surface area contributed by atoms with Crippen molar-refractivity contribution >= 4 is 43.0 Å². The Balaban J connectivity index is 1.81. The van der Waals surface area contributed by atoms with E-state index in [0.29, 0.717) is 42.9 Å². The normalized spacial score (nSPS) is 14.1. The van der Waals surface area contributed by atoms with Gasteiger partial charge < -0.3 is 5.32 Å². The van der Waals surface area contributed by atoms with Gasteiger partial charge >= 0.3 is 0 Å². The van der Waals surface area contributed by atoms with Crippen LogP contribution in [0.25, 0.3) is 0 Å². The second-order valence-electron chi connectivity index (χ2n) is 6.95. The third-order valence-electron chi connectivity index (χ3n) is 4.88. The van der Waals surface area contributed by atoms with Gasteiger partial charge in [-0.3, -0.25) is 13.8 Å². The Hall–Kier alpha value is -2.59. The quantitative estimate of drug-likeness (QED) is 0.672. The van der Waals surface area contributed by atoms with E-state index in [9.17, 15) is 21.6 Å². The summed E-state index contributed by atoms with van der Waals surface area (Å²) in [7, 11) is -7.21. The number of nitrogens with one attached hydrogen (secondary N) is 2. The lowest BCUT2D eigenvalue weighted by molar-refractivity contribution is -0.115. The molecule has 0 spiro atoms. The molecular weight excluding hydrogens is 426 g/mol. The maximum atomic E-state index is 12.7. The van der Waals surface area contributed by atoms with Gasteiger partial charge in [0, 0.05) is 24.3 Å². The summed E-state index contributed by atoms with van der Waals surface area (Å²) in [6.45, 7) is 3.76. The predicted molar refractivity (Wildman–Crippen MR) is 118 cm³/mol. The lowest BCUT2D eigenvalue weighted by atomic mass is 10.0. The van der Waals surface area contributed by atoms with Crippen LogP contribution in [0, 0.1) is 0 Å². The van der Waals surface area contributed by atoms with Crippen LogP contribution in [0.5, 0.6) is 0 Å². The van der Waals surface area contributed by atoms with E-state index in [1.165, 1.54) is 28.6 Å². The number of benzene rings is 2. The molecule has 0 radical (unpaired) electrons. The minimum Gasteiger partial charge on any atom is -0.326 e. The fourth-order valence-corrected chi connectivity index (χ4v) is 5.50. The van der Waals surface area contributed by atoms with Crippen LogP contribution < -0.4 is 14.3 Å². The van der Waals surface area contributed by atoms with Gasteiger partial charge in [-0.15, -0.1) is 0 Å². The maximum Gasteiger partial charge on any atom is 0.261 e. The summed E-state index contributed by atoms with van der Waals surface area (Å²) in [5.41, 5.74) is 2.28. The largest absolute Gasteiger partial charge is 0.326 e. The first-order valence-corrected chi connectivity index (χ1v) is 12.8. The monoisotopic (exact) mass is 451 g/mol. The molecule has 30 heavy (non-hydrogen) atoms. The number of hydrogen-bond acceptors (Lipinski definition) is 5. The maximum absolute atomic E-state index is 12.7. The third kappa shape index (κ3) is 4.76. The molecule has 2 N–H and O–H groups in total. The van der Waals surface area contributed by atoms with Gasteiger partial charge in [-0.2, -0.15) is 0 Å². The SMILES string of the molecule is CCC(=O)Nc1ccc(S(=O)(=O)Nc2ccc3c(c2)CCCN3S(=O)(=O)CC)cc1. The number of sulfonamides is 2. The molecule has 0 aromatic heterocycles. The second-order valence-corrected chi connectivity index (χ2v) is 10.8. The molecule has 10 heteroatoms. The Bertz CT molecular complexity index is 1140. The molecule has 0 saturated carbocycles. The molecule has 2 aromatic carbocycles. The number of carbonyl (C=O) groups excluding carboxylic acids is 1. The van der Waals surface area contributed by atoms with Crippen molar-refractivity contribution < 1.29 is 21.6 Å². The highest BCUT2D eigenvalue weighted by molar-refractivity contribution is 7.93. The number of carbonyl (C=O) groups is 1. The van der Waals surface area contributed by atoms with Gasteiger partial charge in [0.25, 0.3) is 10.0 Å². The molecule has 0 aliphatic carbocycles. The molecule has 0 atom stereocenters. The van der Waals surface area contributed by atoms with Crippen molar-refractivity contribution in [1.82, 2.24) is 0 Å². The number of fused-ring (bicyclic) bond motifs is 1. The Morgan fingerprint density at radius 1 is 1.00 bits per heavy atom. The highest BCUT2D eigenvalue weighted by Gasteiger charge is 2.26. The van der Waals surface area contributed by atoms with Crippen LogP contribution in [0.2, 0.25) is 0 Å². The van der Waals surface area contributed by atoms with Gasteiger partial charge in [-0.05, 0) is 67.8 Å². The van der Waals surface area contributed by atoms with Crippen LogP contribution in [-0.2, 0) is 31.3 Å². The van der Waals surface area contributed by atoms with Crippen LogP contribution in [0.3, 0.4) is 0 Å². The van der Waals surface area contributed by atoms with Crippen LogP contribution in [0.4, 0.5) is 17.1 Å². The van der Waals surface area contributed by atoms with E-state index in [1.807, 2.05) is 0 Å². The summed E-state index contributed by atoms with van der Waals surface area (Å²) < 4.78 is 54.0. The number of aryl methyl sites for hydroxylation is 1. The minimum absolute atomic E-state index is 0.00945. The van der Waals surface area contributed by atoms with Crippen molar-refractivity contribution in [3.8, 4) is 0 Å². The number of nitrogens with zero attached hydrogens (tertiary/aromatic N) is 1. The van der Waals surface area contributed by atoms with E-state index in [-0.39, 0.29) is 16.6 Å². The molecule has 2 aromatic rings. The first-order valence-electron chi connectivity index (χ1n) is 9.72. The Kier molecular flexibility index (Phi) is 6.37. The Labute approximate surface area is 177 Å². The van der Waals surface area contributed by atoms with Gasteiger partial charge in [0.05, 0.1) is 16.3 Å². The van der Waals surface area contributed by atoms with Gasteiger partial charge in [0.1, 0.15) is 0 Å². The van der Waals surface area contributed by atoms with Crippen molar-refractivity contribution in [1.29, 1.82) is 0 Å². The van der Waals surface area contributed by atoms with E-state index >= 15 is 0 Å². The summed E-state index contributed by atoms with van der Waals surface area (Å²) in [5, 5.41) is 2.67. The topological polar surface area (TPSA) is 113 Å². The summed E-state index contributed by atoms with van der Waals surface area (Å²) in [6, 6.07) is 10.8. The molecule has 1 heterocycles. The third-order valence-corrected chi connectivity index (χ3v) is 8.06. The Morgan fingerprint density at radius 3 is 2.30 bits per heavy atom. The van der Waals surface area contributed by atoms with Crippen molar-refractivity contribution in [3.05, 3.63) is 48.0 Å². The second kappa shape index (κ2) is 8.65. The van der Waals surface area contributed by atoms with Crippen LogP contribution >= 0.6 is 0 Å². The molecule has 0 saturated heterocycles. The van der Waals surface area contributed by atoms with Crippen molar-refractivity contribution in [2.24, 2.45) is 0 Å². The Morgan fingerprint density at radius 2 is 1.67 bits per heavy atom. The summed E-state index contributed by atoms with van der Waals surface area (Å²) in [4.78, 5) is 11.5. The first-order chi connectivity index (χ1) is 14.2. The molecule has 162 valence electrons. The number of rotatable bonds is 7. The highest BCUT2D eigenvalue weighted by atomic mass is 32.2. The van der Waals surface area contributed by atoms with Crippen LogP contribution in [-0.4, -0.2) is 35.0 Å². The average Bonchev–Trinajstić information content (AvgIpc) is 2.73. The summed E-state index contributed by atoms with van der Waals surface area (Å²) in [5.74, 6) is -0.146. The molecule has 3 rings (SSSR count). The lowest BCUT2D eigenvalue weighted by Crippen LogP contribution is -2.36. The first kappa shape index (κ1) is 22.1. The summed E-state index contributed by atoms with van der Waals surface area (Å²) >= 11 is 0. The highest BCUT2D eigenvalue weighted by Crippen LogP contribution is 2.32. The van der Waals surface area contributed by atoms with Gasteiger partial charge in [0.15, 0.2) is 0 Å².